The van der Waals surface area contributed by atoms with Crippen molar-refractivity contribution in [1.29, 1.82) is 0 Å². The number of piperazine rings is 1. The topological polar surface area (TPSA) is 115 Å². The van der Waals surface area contributed by atoms with Crippen molar-refractivity contribution < 1.29 is 19.6 Å². The lowest BCUT2D eigenvalue weighted by Gasteiger charge is -2.38. The van der Waals surface area contributed by atoms with Crippen molar-refractivity contribution >= 4 is 18.2 Å². The van der Waals surface area contributed by atoms with Crippen LogP contribution in [-0.4, -0.2) is 98.5 Å². The Morgan fingerprint density at radius 1 is 1.03 bits per heavy atom. The van der Waals surface area contributed by atoms with E-state index >= 15 is 0 Å². The van der Waals surface area contributed by atoms with Gasteiger partial charge in [0.15, 0.2) is 0 Å². The molecule has 176 valence electrons. The van der Waals surface area contributed by atoms with Gasteiger partial charge in [0, 0.05) is 19.6 Å². The lowest BCUT2D eigenvalue weighted by molar-refractivity contribution is -0.159. The summed E-state index contributed by atoms with van der Waals surface area (Å²) in [6.07, 6.45) is 10.2. The third-order valence-corrected chi connectivity index (χ3v) is 7.09. The van der Waals surface area contributed by atoms with Crippen molar-refractivity contribution in [1.82, 2.24) is 29.7 Å². The number of hydrogen-bond donors (Lipinski definition) is 1. The first kappa shape index (κ1) is 22.5. The van der Waals surface area contributed by atoms with Gasteiger partial charge in [-0.2, -0.15) is 0 Å². The molecule has 4 rings (SSSR count). The molecule has 11 nitrogen and oxygen atoms in total. The summed E-state index contributed by atoms with van der Waals surface area (Å²) in [6, 6.07) is -0.460. The molecule has 0 bridgehead atoms. The van der Waals surface area contributed by atoms with E-state index in [0.717, 1.165) is 32.1 Å². The van der Waals surface area contributed by atoms with Crippen LogP contribution < -0.4 is 5.01 Å². The highest BCUT2D eigenvalue weighted by Gasteiger charge is 2.40. The Hall–Kier alpha value is -2.69. The van der Waals surface area contributed by atoms with Crippen molar-refractivity contribution in [2.24, 2.45) is 11.8 Å². The zero-order chi connectivity index (χ0) is 22.5. The normalized spacial score (nSPS) is 22.9. The van der Waals surface area contributed by atoms with Crippen LogP contribution in [0, 0.1) is 11.8 Å². The molecule has 1 aromatic rings. The smallest absolute Gasteiger partial charge is 0.245 e. The van der Waals surface area contributed by atoms with E-state index in [0.29, 0.717) is 63.0 Å². The van der Waals surface area contributed by atoms with Crippen LogP contribution in [0.25, 0.3) is 0 Å². The van der Waals surface area contributed by atoms with Gasteiger partial charge in [-0.1, -0.05) is 25.7 Å². The fourth-order valence-corrected chi connectivity index (χ4v) is 5.39. The lowest BCUT2D eigenvalue weighted by Crippen LogP contribution is -2.57. The standard InChI is InChI=1S/C21H33N7O4/c29-16-27(32)13-18(12-17-4-1-2-5-17)20(30)28-7-3-6-19(28)21(31)24-8-10-25(11-9-24)26-14-22-23-15-26/h14-19,32H,1-13H2/t18-,19+/m1/s1. The van der Waals surface area contributed by atoms with E-state index in [1.807, 2.05) is 9.58 Å². The molecule has 2 atom stereocenters. The first-order valence-corrected chi connectivity index (χ1v) is 11.7. The molecule has 3 fully saturated rings. The average molecular weight is 448 g/mol. The summed E-state index contributed by atoms with van der Waals surface area (Å²) in [4.78, 5) is 41.3. The SMILES string of the molecule is O=CN(O)C[C@@H](CC1CCCC1)C(=O)N1CCC[C@H]1C(=O)N1CCN(n2cnnc2)CC1. The molecule has 11 heteroatoms. The molecule has 3 aliphatic rings. The number of rotatable bonds is 8. The number of amides is 3. The number of hydrogen-bond acceptors (Lipinski definition) is 7. The van der Waals surface area contributed by atoms with Gasteiger partial charge in [-0.15, -0.1) is 10.2 Å². The van der Waals surface area contributed by atoms with Gasteiger partial charge in [0.25, 0.3) is 0 Å². The second kappa shape index (κ2) is 10.3. The Morgan fingerprint density at radius 3 is 2.38 bits per heavy atom. The number of carbonyl (C=O) groups excluding carboxylic acids is 3. The van der Waals surface area contributed by atoms with Crippen LogP contribution in [0.3, 0.4) is 0 Å². The van der Waals surface area contributed by atoms with Gasteiger partial charge in [0.05, 0.1) is 25.6 Å². The summed E-state index contributed by atoms with van der Waals surface area (Å²) in [7, 11) is 0. The molecular formula is C21H33N7O4. The van der Waals surface area contributed by atoms with E-state index < -0.39 is 12.0 Å². The quantitative estimate of drug-likeness (QED) is 0.341. The molecular weight excluding hydrogens is 414 g/mol. The van der Waals surface area contributed by atoms with E-state index in [1.54, 1.807) is 17.6 Å². The van der Waals surface area contributed by atoms with Gasteiger partial charge in [-0.05, 0) is 25.2 Å². The first-order chi connectivity index (χ1) is 15.6. The van der Waals surface area contributed by atoms with Gasteiger partial charge in [0.2, 0.25) is 18.2 Å². The highest BCUT2D eigenvalue weighted by Crippen LogP contribution is 2.32. The highest BCUT2D eigenvalue weighted by atomic mass is 16.5. The lowest BCUT2D eigenvalue weighted by atomic mass is 9.91. The van der Waals surface area contributed by atoms with Crippen LogP contribution in [0.4, 0.5) is 0 Å². The zero-order valence-electron chi connectivity index (χ0n) is 18.5. The summed E-state index contributed by atoms with van der Waals surface area (Å²) in [5.41, 5.74) is 0. The second-order valence-corrected chi connectivity index (χ2v) is 9.12. The van der Waals surface area contributed by atoms with Crippen molar-refractivity contribution in [2.45, 2.75) is 51.0 Å². The predicted molar refractivity (Wildman–Crippen MR) is 114 cm³/mol. The van der Waals surface area contributed by atoms with E-state index in [1.165, 1.54) is 0 Å². The fourth-order valence-electron chi connectivity index (χ4n) is 5.39. The van der Waals surface area contributed by atoms with Crippen LogP contribution in [0.2, 0.25) is 0 Å². The Balaban J connectivity index is 1.38. The van der Waals surface area contributed by atoms with Crippen LogP contribution in [-0.2, 0) is 14.4 Å². The maximum absolute atomic E-state index is 13.5. The van der Waals surface area contributed by atoms with E-state index in [-0.39, 0.29) is 18.4 Å². The summed E-state index contributed by atoms with van der Waals surface area (Å²) in [5.74, 6) is -0.161. The van der Waals surface area contributed by atoms with Crippen LogP contribution in [0.15, 0.2) is 12.7 Å². The zero-order valence-corrected chi connectivity index (χ0v) is 18.5. The molecule has 0 unspecified atom stereocenters. The third kappa shape index (κ3) is 5.03. The summed E-state index contributed by atoms with van der Waals surface area (Å²) >= 11 is 0. The maximum atomic E-state index is 13.5. The Labute approximate surface area is 187 Å². The van der Waals surface area contributed by atoms with Gasteiger partial charge in [-0.25, -0.2) is 9.74 Å². The molecule has 3 heterocycles. The van der Waals surface area contributed by atoms with E-state index in [2.05, 4.69) is 15.2 Å². The Morgan fingerprint density at radius 2 is 1.72 bits per heavy atom. The molecule has 2 aliphatic heterocycles. The van der Waals surface area contributed by atoms with Crippen molar-refractivity contribution in [3.05, 3.63) is 12.7 Å². The minimum atomic E-state index is -0.479. The maximum Gasteiger partial charge on any atom is 0.245 e. The fraction of sp³-hybridized carbons (Fsp3) is 0.762. The predicted octanol–water partition coefficient (Wildman–Crippen LogP) is 0.0934. The second-order valence-electron chi connectivity index (χ2n) is 9.12. The average Bonchev–Trinajstić information content (AvgIpc) is 3.60. The number of likely N-dealkylation sites (tertiary alicyclic amines) is 1. The van der Waals surface area contributed by atoms with Gasteiger partial charge < -0.3 is 14.8 Å². The van der Waals surface area contributed by atoms with Crippen molar-refractivity contribution in [3.8, 4) is 0 Å². The molecule has 1 aromatic heterocycles. The number of aromatic nitrogens is 3. The summed E-state index contributed by atoms with van der Waals surface area (Å²) < 4.78 is 1.83. The largest absolute Gasteiger partial charge is 0.337 e. The van der Waals surface area contributed by atoms with Gasteiger partial charge in [0.1, 0.15) is 18.7 Å². The first-order valence-electron chi connectivity index (χ1n) is 11.7. The Kier molecular flexibility index (Phi) is 7.23. The summed E-state index contributed by atoms with van der Waals surface area (Å²) in [6.45, 7) is 3.03. The number of hydroxylamine groups is 2. The summed E-state index contributed by atoms with van der Waals surface area (Å²) in [5, 5.41) is 20.1. The van der Waals surface area contributed by atoms with Crippen molar-refractivity contribution in [2.75, 3.05) is 44.3 Å². The molecule has 32 heavy (non-hydrogen) atoms. The van der Waals surface area contributed by atoms with E-state index in [9.17, 15) is 19.6 Å². The van der Waals surface area contributed by atoms with E-state index in [4.69, 9.17) is 0 Å². The Bertz CT molecular complexity index is 775. The van der Waals surface area contributed by atoms with Crippen LogP contribution >= 0.6 is 0 Å². The van der Waals surface area contributed by atoms with Crippen molar-refractivity contribution in [3.63, 3.8) is 0 Å². The molecule has 2 saturated heterocycles. The molecule has 1 N–H and O–H groups in total. The van der Waals surface area contributed by atoms with Crippen LogP contribution in [0.1, 0.15) is 44.9 Å². The van der Waals surface area contributed by atoms with Crippen LogP contribution in [0.5, 0.6) is 0 Å². The third-order valence-electron chi connectivity index (χ3n) is 7.09. The molecule has 1 aliphatic carbocycles. The molecule has 1 saturated carbocycles. The number of carbonyl (C=O) groups is 3. The van der Waals surface area contributed by atoms with Gasteiger partial charge in [-0.3, -0.25) is 19.6 Å². The monoisotopic (exact) mass is 447 g/mol. The minimum absolute atomic E-state index is 0.00452. The number of nitrogens with zero attached hydrogens (tertiary/aromatic N) is 7. The molecule has 0 radical (unpaired) electrons. The molecule has 3 amide bonds. The highest BCUT2D eigenvalue weighted by molar-refractivity contribution is 5.89. The van der Waals surface area contributed by atoms with Gasteiger partial charge >= 0.3 is 0 Å². The minimum Gasteiger partial charge on any atom is -0.337 e. The molecule has 0 aromatic carbocycles. The molecule has 0 spiro atoms.